The molecule has 4 nitrogen and oxygen atoms in total. The van der Waals surface area contributed by atoms with Gasteiger partial charge in [0, 0.05) is 23.7 Å². The fourth-order valence-corrected chi connectivity index (χ4v) is 1.27. The quantitative estimate of drug-likeness (QED) is 0.686. The Bertz CT molecular complexity index is 405. The predicted octanol–water partition coefficient (Wildman–Crippen LogP) is 1.36. The fourth-order valence-electron chi connectivity index (χ4n) is 1.27. The van der Waals surface area contributed by atoms with Crippen LogP contribution in [0.1, 0.15) is 5.69 Å². The molecule has 2 aromatic rings. The highest BCUT2D eigenvalue weighted by molar-refractivity contribution is 5.62. The van der Waals surface area contributed by atoms with E-state index in [1.807, 2.05) is 19.1 Å². The van der Waals surface area contributed by atoms with Crippen LogP contribution in [0, 0.1) is 6.92 Å². The molecule has 0 radical (unpaired) electrons. The lowest BCUT2D eigenvalue weighted by atomic mass is 10.2. The highest BCUT2D eigenvalue weighted by atomic mass is 15.0. The van der Waals surface area contributed by atoms with Gasteiger partial charge in [0.15, 0.2) is 5.95 Å². The van der Waals surface area contributed by atoms with Crippen molar-refractivity contribution in [2.45, 2.75) is 6.92 Å². The Morgan fingerprint density at radius 1 is 1.31 bits per heavy atom. The Kier molecular flexibility index (Phi) is 1.73. The molecular formula is C9H10N4. The lowest BCUT2D eigenvalue weighted by Gasteiger charge is -1.95. The van der Waals surface area contributed by atoms with Gasteiger partial charge in [-0.1, -0.05) is 0 Å². The summed E-state index contributed by atoms with van der Waals surface area (Å²) >= 11 is 0. The SMILES string of the molecule is Cc1[nH]c(N)nc1-c1ccncc1. The van der Waals surface area contributed by atoms with Crippen molar-refractivity contribution < 1.29 is 0 Å². The van der Waals surface area contributed by atoms with E-state index >= 15 is 0 Å². The minimum Gasteiger partial charge on any atom is -0.369 e. The van der Waals surface area contributed by atoms with E-state index < -0.39 is 0 Å². The van der Waals surface area contributed by atoms with Gasteiger partial charge in [-0.2, -0.15) is 0 Å². The Morgan fingerprint density at radius 3 is 2.54 bits per heavy atom. The van der Waals surface area contributed by atoms with Crippen LogP contribution < -0.4 is 5.73 Å². The largest absolute Gasteiger partial charge is 0.369 e. The van der Waals surface area contributed by atoms with Crippen LogP contribution in [-0.4, -0.2) is 15.0 Å². The molecule has 2 aromatic heterocycles. The number of anilines is 1. The van der Waals surface area contributed by atoms with E-state index in [-0.39, 0.29) is 0 Å². The van der Waals surface area contributed by atoms with E-state index in [0.717, 1.165) is 17.0 Å². The van der Waals surface area contributed by atoms with Crippen LogP contribution >= 0.6 is 0 Å². The molecule has 0 aliphatic heterocycles. The molecule has 66 valence electrons. The van der Waals surface area contributed by atoms with Gasteiger partial charge in [-0.15, -0.1) is 0 Å². The van der Waals surface area contributed by atoms with E-state index in [4.69, 9.17) is 5.73 Å². The molecule has 0 unspecified atom stereocenters. The van der Waals surface area contributed by atoms with Gasteiger partial charge in [0.2, 0.25) is 0 Å². The summed E-state index contributed by atoms with van der Waals surface area (Å²) in [6.45, 7) is 1.94. The molecule has 13 heavy (non-hydrogen) atoms. The van der Waals surface area contributed by atoms with E-state index in [9.17, 15) is 0 Å². The first-order valence-electron chi connectivity index (χ1n) is 4.00. The van der Waals surface area contributed by atoms with Crippen LogP contribution in [0.5, 0.6) is 0 Å². The normalized spacial score (nSPS) is 10.2. The predicted molar refractivity (Wildman–Crippen MR) is 51.0 cm³/mol. The maximum absolute atomic E-state index is 5.53. The number of hydrogen-bond acceptors (Lipinski definition) is 3. The topological polar surface area (TPSA) is 67.6 Å². The Morgan fingerprint density at radius 2 is 2.00 bits per heavy atom. The van der Waals surface area contributed by atoms with Crippen LogP contribution in [0.4, 0.5) is 5.95 Å². The number of nitrogens with two attached hydrogens (primary N) is 1. The standard InChI is InChI=1S/C9H10N4/c1-6-8(13-9(10)12-6)7-2-4-11-5-3-7/h2-5H,1H3,(H3,10,12,13). The van der Waals surface area contributed by atoms with Crippen LogP contribution in [0.15, 0.2) is 24.5 Å². The summed E-state index contributed by atoms with van der Waals surface area (Å²) in [5.74, 6) is 0.448. The average molecular weight is 174 g/mol. The minimum atomic E-state index is 0.448. The van der Waals surface area contributed by atoms with Gasteiger partial charge in [-0.3, -0.25) is 4.98 Å². The lowest BCUT2D eigenvalue weighted by molar-refractivity contribution is 1.26. The molecule has 0 aliphatic carbocycles. The molecule has 3 N–H and O–H groups in total. The number of H-pyrrole nitrogens is 1. The van der Waals surface area contributed by atoms with Gasteiger partial charge in [0.25, 0.3) is 0 Å². The minimum absolute atomic E-state index is 0.448. The second-order valence-electron chi connectivity index (χ2n) is 2.83. The first-order valence-corrected chi connectivity index (χ1v) is 4.00. The maximum Gasteiger partial charge on any atom is 0.198 e. The third kappa shape index (κ3) is 1.38. The number of rotatable bonds is 1. The number of aromatic nitrogens is 3. The summed E-state index contributed by atoms with van der Waals surface area (Å²) in [5, 5.41) is 0. The molecule has 0 fully saturated rings. The number of aromatic amines is 1. The summed E-state index contributed by atoms with van der Waals surface area (Å²) in [6, 6.07) is 3.81. The molecular weight excluding hydrogens is 164 g/mol. The van der Waals surface area contributed by atoms with Crippen LogP contribution in [0.3, 0.4) is 0 Å². The van der Waals surface area contributed by atoms with Crippen LogP contribution in [-0.2, 0) is 0 Å². The summed E-state index contributed by atoms with van der Waals surface area (Å²) in [7, 11) is 0. The molecule has 0 spiro atoms. The first kappa shape index (κ1) is 7.79. The Hall–Kier alpha value is -1.84. The van der Waals surface area contributed by atoms with Gasteiger partial charge in [-0.05, 0) is 19.1 Å². The lowest BCUT2D eigenvalue weighted by Crippen LogP contribution is -1.85. The van der Waals surface area contributed by atoms with E-state index in [2.05, 4.69) is 15.0 Å². The second-order valence-corrected chi connectivity index (χ2v) is 2.83. The molecule has 0 aromatic carbocycles. The number of pyridine rings is 1. The summed E-state index contributed by atoms with van der Waals surface area (Å²) in [5.41, 5.74) is 8.43. The number of nitrogens with one attached hydrogen (secondary N) is 1. The summed E-state index contributed by atoms with van der Waals surface area (Å²) in [4.78, 5) is 11.1. The number of imidazole rings is 1. The third-order valence-corrected chi connectivity index (χ3v) is 1.86. The summed E-state index contributed by atoms with van der Waals surface area (Å²) in [6.07, 6.45) is 3.47. The third-order valence-electron chi connectivity index (χ3n) is 1.86. The second kappa shape index (κ2) is 2.90. The Balaban J connectivity index is 2.53. The zero-order valence-corrected chi connectivity index (χ0v) is 7.28. The highest BCUT2D eigenvalue weighted by Gasteiger charge is 2.05. The van der Waals surface area contributed by atoms with Crippen molar-refractivity contribution in [3.8, 4) is 11.3 Å². The van der Waals surface area contributed by atoms with Crippen LogP contribution in [0.25, 0.3) is 11.3 Å². The average Bonchev–Trinajstić information content (AvgIpc) is 2.47. The molecule has 2 rings (SSSR count). The van der Waals surface area contributed by atoms with E-state index in [1.165, 1.54) is 0 Å². The molecule has 0 saturated heterocycles. The first-order chi connectivity index (χ1) is 6.27. The van der Waals surface area contributed by atoms with Gasteiger partial charge < -0.3 is 10.7 Å². The number of aryl methyl sites for hydroxylation is 1. The van der Waals surface area contributed by atoms with Gasteiger partial charge >= 0.3 is 0 Å². The van der Waals surface area contributed by atoms with Gasteiger partial charge in [0.05, 0.1) is 5.69 Å². The maximum atomic E-state index is 5.53. The van der Waals surface area contributed by atoms with E-state index in [1.54, 1.807) is 12.4 Å². The molecule has 0 amide bonds. The molecule has 0 bridgehead atoms. The molecule has 4 heteroatoms. The highest BCUT2D eigenvalue weighted by Crippen LogP contribution is 2.20. The van der Waals surface area contributed by atoms with Crippen LogP contribution in [0.2, 0.25) is 0 Å². The Labute approximate surface area is 75.8 Å². The fraction of sp³-hybridized carbons (Fsp3) is 0.111. The zero-order chi connectivity index (χ0) is 9.26. The molecule has 2 heterocycles. The van der Waals surface area contributed by atoms with Crippen molar-refractivity contribution in [1.29, 1.82) is 0 Å². The summed E-state index contributed by atoms with van der Waals surface area (Å²) < 4.78 is 0. The van der Waals surface area contributed by atoms with Crippen molar-refractivity contribution in [3.05, 3.63) is 30.2 Å². The van der Waals surface area contributed by atoms with Crippen molar-refractivity contribution in [2.24, 2.45) is 0 Å². The van der Waals surface area contributed by atoms with Crippen molar-refractivity contribution >= 4 is 5.95 Å². The van der Waals surface area contributed by atoms with Crippen molar-refractivity contribution in [1.82, 2.24) is 15.0 Å². The number of nitrogen functional groups attached to an aromatic ring is 1. The van der Waals surface area contributed by atoms with Gasteiger partial charge in [0.1, 0.15) is 0 Å². The zero-order valence-electron chi connectivity index (χ0n) is 7.28. The molecule has 0 aliphatic rings. The monoisotopic (exact) mass is 174 g/mol. The number of nitrogens with zero attached hydrogens (tertiary/aromatic N) is 2. The smallest absolute Gasteiger partial charge is 0.198 e. The van der Waals surface area contributed by atoms with E-state index in [0.29, 0.717) is 5.95 Å². The number of hydrogen-bond donors (Lipinski definition) is 2. The molecule has 0 atom stereocenters. The van der Waals surface area contributed by atoms with Gasteiger partial charge in [-0.25, -0.2) is 4.98 Å². The molecule has 0 saturated carbocycles. The van der Waals surface area contributed by atoms with Crippen molar-refractivity contribution in [2.75, 3.05) is 5.73 Å². The van der Waals surface area contributed by atoms with Crippen molar-refractivity contribution in [3.63, 3.8) is 0 Å².